The van der Waals surface area contributed by atoms with Crippen LogP contribution in [-0.4, -0.2) is 37.1 Å². The largest absolute Gasteiger partial charge is 0.489 e. The maximum atomic E-state index is 13.0. The van der Waals surface area contributed by atoms with Crippen LogP contribution < -0.4 is 15.4 Å². The van der Waals surface area contributed by atoms with Gasteiger partial charge in [-0.2, -0.15) is 0 Å². The molecular formula is C14H18Cl2F2N2O2. The first-order valence-electron chi connectivity index (χ1n) is 6.67. The topological polar surface area (TPSA) is 50.4 Å². The van der Waals surface area contributed by atoms with Gasteiger partial charge < -0.3 is 10.1 Å². The minimum Gasteiger partial charge on any atom is -0.489 e. The Morgan fingerprint density at radius 1 is 1.50 bits per heavy atom. The van der Waals surface area contributed by atoms with Crippen LogP contribution in [0.25, 0.3) is 0 Å². The zero-order valence-corrected chi connectivity index (χ0v) is 13.5. The molecule has 0 aromatic heterocycles. The average Bonchev–Trinajstić information content (AvgIpc) is 2.79. The van der Waals surface area contributed by atoms with Gasteiger partial charge in [-0.15, -0.1) is 12.4 Å². The molecule has 0 spiro atoms. The maximum Gasteiger partial charge on any atom is 0.262 e. The number of carbonyl (C=O) groups excluding carboxylic acids is 1. The lowest BCUT2D eigenvalue weighted by Gasteiger charge is -2.17. The number of hydrogen-bond donors (Lipinski definition) is 2. The molecule has 1 aromatic rings. The van der Waals surface area contributed by atoms with Gasteiger partial charge in [0.1, 0.15) is 11.9 Å². The van der Waals surface area contributed by atoms with Gasteiger partial charge in [-0.1, -0.05) is 11.6 Å². The molecule has 1 aliphatic heterocycles. The molecule has 0 radical (unpaired) electrons. The molecule has 0 aliphatic carbocycles. The van der Waals surface area contributed by atoms with E-state index in [1.54, 1.807) is 31.2 Å². The molecule has 2 unspecified atom stereocenters. The van der Waals surface area contributed by atoms with Crippen molar-refractivity contribution in [3.05, 3.63) is 29.3 Å². The Hall–Kier alpha value is -1.11. The highest BCUT2D eigenvalue weighted by Crippen LogP contribution is 2.25. The summed E-state index contributed by atoms with van der Waals surface area (Å²) in [7, 11) is 0. The summed E-state index contributed by atoms with van der Waals surface area (Å²) in [6.07, 6.45) is -0.748. The van der Waals surface area contributed by atoms with Crippen LogP contribution in [0, 0.1) is 0 Å². The molecule has 2 N–H and O–H groups in total. The lowest BCUT2D eigenvalue weighted by molar-refractivity contribution is -0.123. The van der Waals surface area contributed by atoms with Crippen LogP contribution in [0.4, 0.5) is 8.78 Å². The Kier molecular flexibility index (Phi) is 6.84. The van der Waals surface area contributed by atoms with E-state index >= 15 is 0 Å². The third-order valence-corrected chi connectivity index (χ3v) is 3.39. The van der Waals surface area contributed by atoms with E-state index in [9.17, 15) is 13.6 Å². The Balaban J connectivity index is 0.00000242. The van der Waals surface area contributed by atoms with Crippen molar-refractivity contribution >= 4 is 29.9 Å². The van der Waals surface area contributed by atoms with Gasteiger partial charge in [0.25, 0.3) is 5.92 Å². The third-order valence-electron chi connectivity index (χ3n) is 3.14. The molecular weight excluding hydrogens is 337 g/mol. The van der Waals surface area contributed by atoms with Gasteiger partial charge in [0.2, 0.25) is 5.91 Å². The van der Waals surface area contributed by atoms with Crippen molar-refractivity contribution in [1.29, 1.82) is 0 Å². The van der Waals surface area contributed by atoms with Gasteiger partial charge in [-0.3, -0.25) is 10.1 Å². The molecule has 0 saturated carbocycles. The predicted octanol–water partition coefficient (Wildman–Crippen LogP) is 2.64. The summed E-state index contributed by atoms with van der Waals surface area (Å²) in [5, 5.41) is 5.72. The summed E-state index contributed by atoms with van der Waals surface area (Å²) in [6.45, 7) is 1.57. The van der Waals surface area contributed by atoms with Crippen molar-refractivity contribution in [2.75, 3.05) is 13.1 Å². The van der Waals surface area contributed by atoms with E-state index in [1.165, 1.54) is 0 Å². The van der Waals surface area contributed by atoms with Crippen LogP contribution in [0.1, 0.15) is 13.3 Å². The van der Waals surface area contributed by atoms with Gasteiger partial charge in [0, 0.05) is 11.4 Å². The highest BCUT2D eigenvalue weighted by molar-refractivity contribution is 6.30. The zero-order valence-electron chi connectivity index (χ0n) is 11.9. The lowest BCUT2D eigenvalue weighted by Crippen LogP contribution is -2.43. The summed E-state index contributed by atoms with van der Waals surface area (Å²) < 4.78 is 31.6. The SMILES string of the molecule is CC(CNC(=O)C1CC(F)(F)CN1)Oc1ccc(Cl)cc1.Cl. The van der Waals surface area contributed by atoms with Gasteiger partial charge in [0.05, 0.1) is 19.1 Å². The van der Waals surface area contributed by atoms with E-state index < -0.39 is 30.8 Å². The molecule has 8 heteroatoms. The number of carbonyl (C=O) groups is 1. The lowest BCUT2D eigenvalue weighted by atomic mass is 10.2. The normalized spacial score (nSPS) is 20.8. The van der Waals surface area contributed by atoms with Gasteiger partial charge >= 0.3 is 0 Å². The van der Waals surface area contributed by atoms with Crippen molar-refractivity contribution in [3.8, 4) is 5.75 Å². The molecule has 1 fully saturated rings. The Morgan fingerprint density at radius 2 is 2.14 bits per heavy atom. The van der Waals surface area contributed by atoms with E-state index in [0.29, 0.717) is 10.8 Å². The Labute approximate surface area is 139 Å². The smallest absolute Gasteiger partial charge is 0.262 e. The quantitative estimate of drug-likeness (QED) is 0.854. The second-order valence-corrected chi connectivity index (χ2v) is 5.56. The highest BCUT2D eigenvalue weighted by Gasteiger charge is 2.42. The van der Waals surface area contributed by atoms with Crippen molar-refractivity contribution in [1.82, 2.24) is 10.6 Å². The van der Waals surface area contributed by atoms with Crippen molar-refractivity contribution in [2.24, 2.45) is 0 Å². The molecule has 124 valence electrons. The van der Waals surface area contributed by atoms with Gasteiger partial charge in [0.15, 0.2) is 0 Å². The van der Waals surface area contributed by atoms with E-state index in [1.807, 2.05) is 0 Å². The molecule has 1 amide bonds. The fourth-order valence-electron chi connectivity index (χ4n) is 2.06. The van der Waals surface area contributed by atoms with Gasteiger partial charge in [-0.05, 0) is 31.2 Å². The minimum atomic E-state index is -2.81. The zero-order chi connectivity index (χ0) is 15.5. The van der Waals surface area contributed by atoms with E-state index in [4.69, 9.17) is 16.3 Å². The summed E-state index contributed by atoms with van der Waals surface area (Å²) in [5.74, 6) is -2.61. The fraction of sp³-hybridized carbons (Fsp3) is 0.500. The average molecular weight is 355 g/mol. The fourth-order valence-corrected chi connectivity index (χ4v) is 2.18. The first-order valence-corrected chi connectivity index (χ1v) is 7.05. The van der Waals surface area contributed by atoms with Crippen LogP contribution >= 0.6 is 24.0 Å². The molecule has 1 aliphatic rings. The standard InChI is InChI=1S/C14H17ClF2N2O2.ClH/c1-9(21-11-4-2-10(15)3-5-11)7-18-13(20)12-6-14(16,17)8-19-12;/h2-5,9,12,19H,6-8H2,1H3,(H,18,20);1H. The second-order valence-electron chi connectivity index (χ2n) is 5.12. The highest BCUT2D eigenvalue weighted by atomic mass is 35.5. The van der Waals surface area contributed by atoms with E-state index in [0.717, 1.165) is 0 Å². The summed E-state index contributed by atoms with van der Waals surface area (Å²) in [6, 6.07) is 6.00. The number of nitrogens with one attached hydrogen (secondary N) is 2. The molecule has 22 heavy (non-hydrogen) atoms. The molecule has 4 nitrogen and oxygen atoms in total. The number of hydrogen-bond acceptors (Lipinski definition) is 3. The van der Waals surface area contributed by atoms with Crippen molar-refractivity contribution in [3.63, 3.8) is 0 Å². The summed E-state index contributed by atoms with van der Waals surface area (Å²) in [5.41, 5.74) is 0. The van der Waals surface area contributed by atoms with E-state index in [-0.39, 0.29) is 25.1 Å². The molecule has 1 saturated heterocycles. The van der Waals surface area contributed by atoms with Crippen LogP contribution in [0.5, 0.6) is 5.75 Å². The third kappa shape index (κ3) is 5.59. The Morgan fingerprint density at radius 3 is 2.68 bits per heavy atom. The number of halogens is 4. The summed E-state index contributed by atoms with van der Waals surface area (Å²) in [4.78, 5) is 11.8. The van der Waals surface area contributed by atoms with Gasteiger partial charge in [-0.25, -0.2) is 8.78 Å². The first kappa shape index (κ1) is 18.9. The first-order chi connectivity index (χ1) is 9.85. The molecule has 0 bridgehead atoms. The maximum absolute atomic E-state index is 13.0. The predicted molar refractivity (Wildman–Crippen MR) is 83.2 cm³/mol. The molecule has 2 rings (SSSR count). The Bertz CT molecular complexity index is 500. The monoisotopic (exact) mass is 354 g/mol. The number of alkyl halides is 2. The van der Waals surface area contributed by atoms with Crippen molar-refractivity contribution in [2.45, 2.75) is 31.4 Å². The van der Waals surface area contributed by atoms with Crippen LogP contribution in [0.15, 0.2) is 24.3 Å². The van der Waals surface area contributed by atoms with Crippen LogP contribution in [0.3, 0.4) is 0 Å². The molecule has 1 aromatic carbocycles. The number of benzene rings is 1. The van der Waals surface area contributed by atoms with Crippen LogP contribution in [0.2, 0.25) is 5.02 Å². The van der Waals surface area contributed by atoms with Crippen LogP contribution in [-0.2, 0) is 4.79 Å². The molecule has 2 atom stereocenters. The number of amides is 1. The number of ether oxygens (including phenoxy) is 1. The van der Waals surface area contributed by atoms with Crippen molar-refractivity contribution < 1.29 is 18.3 Å². The minimum absolute atomic E-state index is 0. The second kappa shape index (κ2) is 7.94. The number of rotatable bonds is 5. The molecule has 1 heterocycles. The van der Waals surface area contributed by atoms with E-state index in [2.05, 4.69) is 10.6 Å². The summed E-state index contributed by atoms with van der Waals surface area (Å²) >= 11 is 5.77.